The van der Waals surface area contributed by atoms with Gasteiger partial charge in [-0.2, -0.15) is 0 Å². The second-order valence-corrected chi connectivity index (χ2v) is 11.3. The van der Waals surface area contributed by atoms with Crippen LogP contribution in [0.5, 0.6) is 5.75 Å². The predicted molar refractivity (Wildman–Crippen MR) is 161 cm³/mol. The van der Waals surface area contributed by atoms with E-state index >= 15 is 8.78 Å². The van der Waals surface area contributed by atoms with E-state index in [1.165, 1.54) is 6.07 Å². The van der Waals surface area contributed by atoms with E-state index in [0.29, 0.717) is 59.2 Å². The van der Waals surface area contributed by atoms with Crippen LogP contribution in [0, 0.1) is 5.82 Å². The largest absolute Gasteiger partial charge is 0.489 e. The molecule has 2 aromatic heterocycles. The fourth-order valence-corrected chi connectivity index (χ4v) is 5.26. The summed E-state index contributed by atoms with van der Waals surface area (Å²) in [6.07, 6.45) is 0.987. The van der Waals surface area contributed by atoms with E-state index in [1.54, 1.807) is 36.7 Å². The fourth-order valence-electron chi connectivity index (χ4n) is 4.97. The first-order valence-electron chi connectivity index (χ1n) is 13.8. The number of benzene rings is 2. The normalized spacial score (nSPS) is 16.9. The molecule has 1 aliphatic rings. The van der Waals surface area contributed by atoms with Crippen molar-refractivity contribution < 1.29 is 27.0 Å². The van der Waals surface area contributed by atoms with Gasteiger partial charge in [-0.1, -0.05) is 18.2 Å². The van der Waals surface area contributed by atoms with E-state index in [0.717, 1.165) is 0 Å². The van der Waals surface area contributed by atoms with Crippen LogP contribution in [0.4, 0.5) is 20.5 Å². The van der Waals surface area contributed by atoms with Crippen molar-refractivity contribution >= 4 is 33.9 Å². The first-order chi connectivity index (χ1) is 20.6. The maximum absolute atomic E-state index is 15.9. The summed E-state index contributed by atoms with van der Waals surface area (Å²) in [6.45, 7) is 7.24. The summed E-state index contributed by atoms with van der Waals surface area (Å²) >= 11 is -2.28. The highest BCUT2D eigenvalue weighted by molar-refractivity contribution is 7.77. The van der Waals surface area contributed by atoms with Crippen LogP contribution in [-0.4, -0.2) is 67.1 Å². The summed E-state index contributed by atoms with van der Waals surface area (Å²) in [7, 11) is 0. The molecule has 5 rings (SSSR count). The third-order valence-electron chi connectivity index (χ3n) is 6.98. The van der Waals surface area contributed by atoms with Gasteiger partial charge in [0.05, 0.1) is 30.9 Å². The molecule has 0 aliphatic carbocycles. The Bertz CT molecular complexity index is 1630. The molecule has 0 radical (unpaired) electrons. The Morgan fingerprint density at radius 1 is 1.23 bits per heavy atom. The average Bonchev–Trinajstić information content (AvgIpc) is 2.97. The van der Waals surface area contributed by atoms with Crippen molar-refractivity contribution in [2.24, 2.45) is 0 Å². The number of nitrogens with zero attached hydrogens (tertiary/aromatic N) is 5. The fraction of sp³-hybridized carbons (Fsp3) is 0.379. The summed E-state index contributed by atoms with van der Waals surface area (Å²) in [5.41, 5.74) is 7.26. The Labute approximate surface area is 250 Å². The van der Waals surface area contributed by atoms with Gasteiger partial charge in [0.2, 0.25) is 17.2 Å². The molecule has 3 heterocycles. The van der Waals surface area contributed by atoms with Gasteiger partial charge in [-0.05, 0) is 44.9 Å². The monoisotopic (exact) mass is 613 g/mol. The number of rotatable bonds is 10. The molecule has 4 aromatic rings. The molecule has 43 heavy (non-hydrogen) atoms. The number of hydrogen-bond acceptors (Lipinski definition) is 9. The smallest absolute Gasteiger partial charge is 0.231 e. The molecule has 11 nitrogen and oxygen atoms in total. The highest BCUT2D eigenvalue weighted by atomic mass is 32.2. The minimum Gasteiger partial charge on any atom is -0.489 e. The molecule has 4 N–H and O–H groups in total. The van der Waals surface area contributed by atoms with Gasteiger partial charge < -0.3 is 20.1 Å². The third-order valence-corrected chi connectivity index (χ3v) is 7.43. The molecule has 0 bridgehead atoms. The Morgan fingerprint density at radius 3 is 2.70 bits per heavy atom. The van der Waals surface area contributed by atoms with Gasteiger partial charge in [0.1, 0.15) is 29.1 Å². The molecule has 14 heteroatoms. The van der Waals surface area contributed by atoms with Crippen molar-refractivity contribution in [2.45, 2.75) is 45.5 Å². The summed E-state index contributed by atoms with van der Waals surface area (Å²) in [4.78, 5) is 20.1. The van der Waals surface area contributed by atoms with Crippen LogP contribution in [0.1, 0.15) is 38.9 Å². The Kier molecular flexibility index (Phi) is 9.40. The Hall–Kier alpha value is -3.85. The number of alkyl halides is 1. The topological polar surface area (TPSA) is 149 Å². The van der Waals surface area contributed by atoms with E-state index in [1.807, 2.05) is 20.8 Å². The quantitative estimate of drug-likeness (QED) is 0.217. The van der Waals surface area contributed by atoms with Crippen LogP contribution in [0.25, 0.3) is 33.4 Å². The molecule has 1 aliphatic heterocycles. The molecule has 228 valence electrons. The number of fused-ring (bicyclic) bond motifs is 1. The molecule has 0 amide bonds. The molecular formula is C29H33F2N7O4S. The number of nitrogens with one attached hydrogen (secondary N) is 1. The molecule has 0 spiro atoms. The van der Waals surface area contributed by atoms with Gasteiger partial charge in [-0.15, -0.1) is 0 Å². The number of aromatic nitrogens is 4. The zero-order valence-corrected chi connectivity index (χ0v) is 24.8. The summed E-state index contributed by atoms with van der Waals surface area (Å²) in [6, 6.07) is 7.99. The van der Waals surface area contributed by atoms with Crippen molar-refractivity contribution in [3.63, 3.8) is 0 Å². The molecule has 3 unspecified atom stereocenters. The minimum atomic E-state index is -2.28. The zero-order chi connectivity index (χ0) is 30.7. The van der Waals surface area contributed by atoms with Crippen LogP contribution in [0.3, 0.4) is 0 Å². The lowest BCUT2D eigenvalue weighted by molar-refractivity contribution is 0.0987. The van der Waals surface area contributed by atoms with Crippen molar-refractivity contribution in [1.29, 1.82) is 0 Å². The maximum atomic E-state index is 15.9. The molecule has 3 atom stereocenters. The van der Waals surface area contributed by atoms with Crippen molar-refractivity contribution in [3.05, 3.63) is 54.1 Å². The molecule has 1 fully saturated rings. The third kappa shape index (κ3) is 6.88. The molecule has 1 saturated heterocycles. The van der Waals surface area contributed by atoms with E-state index < -0.39 is 23.3 Å². The maximum Gasteiger partial charge on any atom is 0.231 e. The van der Waals surface area contributed by atoms with Gasteiger partial charge in [0, 0.05) is 42.0 Å². The van der Waals surface area contributed by atoms with Gasteiger partial charge in [-0.25, -0.2) is 37.6 Å². The lowest BCUT2D eigenvalue weighted by Gasteiger charge is -2.35. The SMILES string of the molecule is CC(C)Oc1cc(-c2cccc(C(F)CCNS(=O)O)c2F)cc2c(N3CCOCC3C)nc(-c3cnc(N)nc3)nc12. The van der Waals surface area contributed by atoms with Crippen LogP contribution >= 0.6 is 0 Å². The van der Waals surface area contributed by atoms with Crippen molar-refractivity contribution in [3.8, 4) is 28.3 Å². The second-order valence-electron chi connectivity index (χ2n) is 10.5. The Balaban J connectivity index is 1.69. The number of anilines is 2. The highest BCUT2D eigenvalue weighted by Crippen LogP contribution is 2.40. The number of nitrogens with two attached hydrogens (primary N) is 1. The van der Waals surface area contributed by atoms with Gasteiger partial charge >= 0.3 is 0 Å². The number of halogens is 2. The second kappa shape index (κ2) is 13.2. The van der Waals surface area contributed by atoms with E-state index in [4.69, 9.17) is 29.7 Å². The Morgan fingerprint density at radius 2 is 2.00 bits per heavy atom. The number of morpholine rings is 1. The lowest BCUT2D eigenvalue weighted by atomic mass is 9.97. The van der Waals surface area contributed by atoms with E-state index in [-0.39, 0.29) is 42.2 Å². The zero-order valence-electron chi connectivity index (χ0n) is 24.0. The van der Waals surface area contributed by atoms with Crippen molar-refractivity contribution in [1.82, 2.24) is 24.7 Å². The summed E-state index contributed by atoms with van der Waals surface area (Å²) in [5, 5.41) is 0.623. The number of nitrogen functional groups attached to an aromatic ring is 1. The van der Waals surface area contributed by atoms with E-state index in [9.17, 15) is 4.21 Å². The number of ether oxygens (including phenoxy) is 2. The lowest BCUT2D eigenvalue weighted by Crippen LogP contribution is -2.44. The van der Waals surface area contributed by atoms with Gasteiger partial charge in [0.25, 0.3) is 0 Å². The van der Waals surface area contributed by atoms with Gasteiger partial charge in [-0.3, -0.25) is 4.55 Å². The van der Waals surface area contributed by atoms with Crippen molar-refractivity contribution in [2.75, 3.05) is 36.9 Å². The summed E-state index contributed by atoms with van der Waals surface area (Å²) in [5.74, 6) is 0.771. The van der Waals surface area contributed by atoms with Crippen LogP contribution < -0.4 is 20.1 Å². The van der Waals surface area contributed by atoms with Gasteiger partial charge in [0.15, 0.2) is 5.82 Å². The number of hydrogen-bond donors (Lipinski definition) is 3. The minimum absolute atomic E-state index is 0.0188. The molecule has 0 saturated carbocycles. The highest BCUT2D eigenvalue weighted by Gasteiger charge is 2.27. The summed E-state index contributed by atoms with van der Waals surface area (Å²) < 4.78 is 64.9. The molecule has 2 aromatic carbocycles. The van der Waals surface area contributed by atoms with E-state index in [2.05, 4.69) is 19.6 Å². The standard InChI is InChI=1S/C29H33F2N7O4S/c1-16(2)42-24-12-18(20-5-4-6-21(25(20)31)23(30)7-8-35-43(39)40)11-22-26(24)36-27(19-13-33-29(32)34-14-19)37-28(22)38-9-10-41-15-17(38)3/h4-6,11-14,16-17,23,35H,7-10,15H2,1-3H3,(H,39,40)(H2,32,33,34). The average molecular weight is 614 g/mol. The first kappa shape index (κ1) is 30.6. The van der Waals surface area contributed by atoms with Crippen LogP contribution in [0.2, 0.25) is 0 Å². The van der Waals surface area contributed by atoms with Crippen LogP contribution in [0.15, 0.2) is 42.7 Å². The van der Waals surface area contributed by atoms with Crippen LogP contribution in [-0.2, 0) is 16.0 Å². The molecular weight excluding hydrogens is 580 g/mol. The predicted octanol–water partition coefficient (Wildman–Crippen LogP) is 4.61. The first-order valence-corrected chi connectivity index (χ1v) is 14.9.